The van der Waals surface area contributed by atoms with Crippen molar-refractivity contribution in [1.82, 2.24) is 4.98 Å². The Labute approximate surface area is 112 Å². The summed E-state index contributed by atoms with van der Waals surface area (Å²) in [6, 6.07) is 7.50. The van der Waals surface area contributed by atoms with Crippen LogP contribution in [0.25, 0.3) is 11.1 Å². The van der Waals surface area contributed by atoms with Gasteiger partial charge >= 0.3 is 12.1 Å². The van der Waals surface area contributed by atoms with E-state index in [9.17, 15) is 18.0 Å². The number of carbonyl (C=O) groups is 1. The van der Waals surface area contributed by atoms with Crippen molar-refractivity contribution in [3.05, 3.63) is 53.3 Å². The zero-order chi connectivity index (χ0) is 14.9. The molecule has 0 amide bonds. The third-order valence-corrected chi connectivity index (χ3v) is 2.72. The molecular formula is C14H10F3NO2. The highest BCUT2D eigenvalue weighted by atomic mass is 19.4. The minimum atomic E-state index is -4.39. The summed E-state index contributed by atoms with van der Waals surface area (Å²) in [7, 11) is 0. The molecule has 0 spiro atoms. The normalized spacial score (nSPS) is 11.4. The van der Waals surface area contributed by atoms with Crippen LogP contribution in [0.5, 0.6) is 0 Å². The number of nitrogens with zero attached hydrogens (tertiary/aromatic N) is 1. The Morgan fingerprint density at radius 1 is 1.10 bits per heavy atom. The Hall–Kier alpha value is -2.37. The third kappa shape index (κ3) is 2.96. The maximum Gasteiger partial charge on any atom is 0.416 e. The van der Waals surface area contributed by atoms with Crippen LogP contribution in [0, 0.1) is 6.92 Å². The first-order valence-corrected chi connectivity index (χ1v) is 5.67. The van der Waals surface area contributed by atoms with E-state index in [0.29, 0.717) is 16.8 Å². The second-order valence-electron chi connectivity index (χ2n) is 4.26. The number of hydrogen-bond donors (Lipinski definition) is 1. The number of benzene rings is 1. The highest BCUT2D eigenvalue weighted by Crippen LogP contribution is 2.31. The molecule has 0 radical (unpaired) electrons. The molecule has 1 N–H and O–H groups in total. The number of hydrogen-bond acceptors (Lipinski definition) is 2. The monoisotopic (exact) mass is 281 g/mol. The van der Waals surface area contributed by atoms with Gasteiger partial charge in [-0.05, 0) is 42.3 Å². The first kappa shape index (κ1) is 14.0. The van der Waals surface area contributed by atoms with Crippen molar-refractivity contribution in [2.24, 2.45) is 0 Å². The fraction of sp³-hybridized carbons (Fsp3) is 0.143. The van der Waals surface area contributed by atoms with Crippen LogP contribution in [0.1, 0.15) is 21.7 Å². The molecule has 0 bridgehead atoms. The van der Waals surface area contributed by atoms with Gasteiger partial charge < -0.3 is 5.11 Å². The Morgan fingerprint density at radius 2 is 1.70 bits per heavy atom. The van der Waals surface area contributed by atoms with E-state index >= 15 is 0 Å². The fourth-order valence-corrected chi connectivity index (χ4v) is 1.80. The second-order valence-corrected chi connectivity index (χ2v) is 4.26. The van der Waals surface area contributed by atoms with Crippen LogP contribution in [-0.4, -0.2) is 16.1 Å². The van der Waals surface area contributed by atoms with Gasteiger partial charge in [-0.15, -0.1) is 0 Å². The highest BCUT2D eigenvalue weighted by Gasteiger charge is 2.29. The highest BCUT2D eigenvalue weighted by molar-refractivity contribution is 5.87. The number of carboxylic acid groups (broad SMARTS) is 1. The minimum absolute atomic E-state index is 0.139. The lowest BCUT2D eigenvalue weighted by atomic mass is 10.0. The van der Waals surface area contributed by atoms with Crippen molar-refractivity contribution in [1.29, 1.82) is 0 Å². The van der Waals surface area contributed by atoms with Gasteiger partial charge in [0.15, 0.2) is 0 Å². The topological polar surface area (TPSA) is 50.2 Å². The van der Waals surface area contributed by atoms with Crippen LogP contribution in [-0.2, 0) is 6.18 Å². The predicted molar refractivity (Wildman–Crippen MR) is 66.4 cm³/mol. The summed E-state index contributed by atoms with van der Waals surface area (Å²) in [5.74, 6) is -1.18. The van der Waals surface area contributed by atoms with E-state index in [0.717, 1.165) is 12.1 Å². The third-order valence-electron chi connectivity index (χ3n) is 2.72. The van der Waals surface area contributed by atoms with Crippen molar-refractivity contribution in [3.63, 3.8) is 0 Å². The van der Waals surface area contributed by atoms with Gasteiger partial charge in [-0.25, -0.2) is 9.78 Å². The Bertz CT molecular complexity index is 648. The Kier molecular flexibility index (Phi) is 3.48. The van der Waals surface area contributed by atoms with Gasteiger partial charge in [-0.3, -0.25) is 0 Å². The second kappa shape index (κ2) is 4.96. The van der Waals surface area contributed by atoms with Crippen LogP contribution >= 0.6 is 0 Å². The summed E-state index contributed by atoms with van der Waals surface area (Å²) in [6.45, 7) is 1.63. The summed E-state index contributed by atoms with van der Waals surface area (Å²) in [4.78, 5) is 14.7. The molecule has 1 aromatic carbocycles. The molecule has 0 unspecified atom stereocenters. The van der Waals surface area contributed by atoms with E-state index in [1.807, 2.05) is 0 Å². The van der Waals surface area contributed by atoms with E-state index in [2.05, 4.69) is 4.98 Å². The van der Waals surface area contributed by atoms with E-state index < -0.39 is 17.7 Å². The van der Waals surface area contributed by atoms with Gasteiger partial charge in [0.2, 0.25) is 0 Å². The summed E-state index contributed by atoms with van der Waals surface area (Å²) in [5, 5.41) is 8.92. The standard InChI is InChI=1S/C14H10F3NO2/c1-8-6-10(7-12(18-8)13(19)20)9-2-4-11(5-3-9)14(15,16)17/h2-7H,1H3,(H,19,20). The zero-order valence-corrected chi connectivity index (χ0v) is 10.4. The molecule has 0 saturated carbocycles. The molecule has 1 aromatic heterocycles. The number of aromatic nitrogens is 1. The van der Waals surface area contributed by atoms with E-state index in [1.54, 1.807) is 13.0 Å². The zero-order valence-electron chi connectivity index (χ0n) is 10.4. The smallest absolute Gasteiger partial charge is 0.416 e. The number of alkyl halides is 3. The van der Waals surface area contributed by atoms with Crippen molar-refractivity contribution in [2.45, 2.75) is 13.1 Å². The van der Waals surface area contributed by atoms with Gasteiger partial charge in [0.1, 0.15) is 5.69 Å². The number of aryl methyl sites for hydroxylation is 1. The lowest BCUT2D eigenvalue weighted by molar-refractivity contribution is -0.137. The molecule has 2 rings (SSSR count). The molecule has 0 atom stereocenters. The molecule has 3 nitrogen and oxygen atoms in total. The van der Waals surface area contributed by atoms with Crippen LogP contribution < -0.4 is 0 Å². The Morgan fingerprint density at radius 3 is 2.20 bits per heavy atom. The summed E-state index contributed by atoms with van der Waals surface area (Å²) in [6.07, 6.45) is -4.39. The molecule has 6 heteroatoms. The molecular weight excluding hydrogens is 271 g/mol. The molecule has 0 saturated heterocycles. The summed E-state index contributed by atoms with van der Waals surface area (Å²) < 4.78 is 37.4. The lowest BCUT2D eigenvalue weighted by Crippen LogP contribution is -2.04. The van der Waals surface area contributed by atoms with Crippen LogP contribution in [0.3, 0.4) is 0 Å². The van der Waals surface area contributed by atoms with Crippen LogP contribution in [0.15, 0.2) is 36.4 Å². The van der Waals surface area contributed by atoms with Crippen molar-refractivity contribution >= 4 is 5.97 Å². The number of halogens is 3. The SMILES string of the molecule is Cc1cc(-c2ccc(C(F)(F)F)cc2)cc(C(=O)O)n1. The van der Waals surface area contributed by atoms with Crippen LogP contribution in [0.2, 0.25) is 0 Å². The first-order valence-electron chi connectivity index (χ1n) is 5.67. The van der Waals surface area contributed by atoms with Gasteiger partial charge in [0, 0.05) is 5.69 Å². The molecule has 0 aliphatic rings. The van der Waals surface area contributed by atoms with E-state index in [4.69, 9.17) is 5.11 Å². The van der Waals surface area contributed by atoms with Crippen molar-refractivity contribution in [3.8, 4) is 11.1 Å². The van der Waals surface area contributed by atoms with E-state index in [1.165, 1.54) is 18.2 Å². The first-order chi connectivity index (χ1) is 9.27. The van der Waals surface area contributed by atoms with E-state index in [-0.39, 0.29) is 5.69 Å². The number of aromatic carboxylic acids is 1. The maximum absolute atomic E-state index is 12.5. The van der Waals surface area contributed by atoms with Gasteiger partial charge in [0.25, 0.3) is 0 Å². The predicted octanol–water partition coefficient (Wildman–Crippen LogP) is 3.77. The molecule has 20 heavy (non-hydrogen) atoms. The molecule has 104 valence electrons. The number of pyridine rings is 1. The molecule has 1 heterocycles. The van der Waals surface area contributed by atoms with Gasteiger partial charge in [-0.1, -0.05) is 12.1 Å². The minimum Gasteiger partial charge on any atom is -0.477 e. The van der Waals surface area contributed by atoms with Gasteiger partial charge in [-0.2, -0.15) is 13.2 Å². The number of rotatable bonds is 2. The lowest BCUT2D eigenvalue weighted by Gasteiger charge is -2.08. The summed E-state index contributed by atoms with van der Waals surface area (Å²) >= 11 is 0. The van der Waals surface area contributed by atoms with Crippen molar-refractivity contribution in [2.75, 3.05) is 0 Å². The van der Waals surface area contributed by atoms with Crippen molar-refractivity contribution < 1.29 is 23.1 Å². The molecule has 0 aliphatic heterocycles. The fourth-order valence-electron chi connectivity index (χ4n) is 1.80. The largest absolute Gasteiger partial charge is 0.477 e. The molecule has 0 aliphatic carbocycles. The Balaban J connectivity index is 2.44. The quantitative estimate of drug-likeness (QED) is 0.911. The summed E-state index contributed by atoms with van der Waals surface area (Å²) in [5.41, 5.74) is 0.625. The molecule has 0 fully saturated rings. The average molecular weight is 281 g/mol. The van der Waals surface area contributed by atoms with Crippen LogP contribution in [0.4, 0.5) is 13.2 Å². The average Bonchev–Trinajstić information content (AvgIpc) is 2.37. The molecule has 2 aromatic rings. The van der Waals surface area contributed by atoms with Gasteiger partial charge in [0.05, 0.1) is 5.56 Å². The maximum atomic E-state index is 12.5. The number of carboxylic acids is 1.